The number of hydrogen-bond donors (Lipinski definition) is 4. The number of aromatic nitrogens is 3. The van der Waals surface area contributed by atoms with E-state index in [1.54, 1.807) is 29.3 Å². The van der Waals surface area contributed by atoms with Crippen LogP contribution in [-0.2, 0) is 9.59 Å². The van der Waals surface area contributed by atoms with Crippen LogP contribution in [-0.4, -0.2) is 94.3 Å². The molecule has 2 aliphatic heterocycles. The highest BCUT2D eigenvalue weighted by molar-refractivity contribution is 6.30. The molecule has 12 nitrogen and oxygen atoms in total. The van der Waals surface area contributed by atoms with Gasteiger partial charge in [-0.3, -0.25) is 4.79 Å². The first kappa shape index (κ1) is 30.1. The molecule has 0 aliphatic carbocycles. The Morgan fingerprint density at radius 3 is 2.59 bits per heavy atom. The van der Waals surface area contributed by atoms with E-state index in [2.05, 4.69) is 42.7 Å². The molecular weight excluding hydrogens is 553 g/mol. The van der Waals surface area contributed by atoms with Gasteiger partial charge < -0.3 is 36.6 Å². The first-order valence-corrected chi connectivity index (χ1v) is 13.4. The topological polar surface area (TPSA) is 162 Å². The molecule has 2 saturated heterocycles. The second-order valence-electron chi connectivity index (χ2n) is 9.92. The SMILES string of the molecule is CN1CCN(CCC(=O)Nc2cc(Nc3cc(-c4cc(Cl)ccc4F)nnc3N3CCC3C(=O)O)ccn2)CC1.N. The van der Waals surface area contributed by atoms with Gasteiger partial charge in [-0.05, 0) is 43.8 Å². The van der Waals surface area contributed by atoms with Crippen molar-refractivity contribution in [1.29, 1.82) is 0 Å². The Hall–Kier alpha value is -3.91. The van der Waals surface area contributed by atoms with Gasteiger partial charge in [-0.25, -0.2) is 14.2 Å². The average molecular weight is 586 g/mol. The molecule has 0 radical (unpaired) electrons. The summed E-state index contributed by atoms with van der Waals surface area (Å²) in [5.41, 5.74) is 1.39. The summed E-state index contributed by atoms with van der Waals surface area (Å²) < 4.78 is 14.6. The van der Waals surface area contributed by atoms with Gasteiger partial charge in [0.1, 0.15) is 17.7 Å². The maximum absolute atomic E-state index is 14.6. The Morgan fingerprint density at radius 1 is 1.10 bits per heavy atom. The zero-order valence-electron chi connectivity index (χ0n) is 22.7. The Balaban J connectivity index is 0.00000387. The Kier molecular flexibility index (Phi) is 9.65. The largest absolute Gasteiger partial charge is 0.480 e. The van der Waals surface area contributed by atoms with E-state index in [1.807, 2.05) is 0 Å². The number of carboxylic acids is 1. The number of nitrogens with zero attached hydrogens (tertiary/aromatic N) is 6. The Labute approximate surface area is 242 Å². The van der Waals surface area contributed by atoms with Crippen molar-refractivity contribution >= 4 is 46.5 Å². The van der Waals surface area contributed by atoms with Crippen LogP contribution >= 0.6 is 11.6 Å². The molecule has 0 saturated carbocycles. The first-order chi connectivity index (χ1) is 19.3. The first-order valence-electron chi connectivity index (χ1n) is 13.0. The van der Waals surface area contributed by atoms with E-state index in [0.29, 0.717) is 54.0 Å². The summed E-state index contributed by atoms with van der Waals surface area (Å²) in [6.07, 6.45) is 2.37. The lowest BCUT2D eigenvalue weighted by Gasteiger charge is -2.39. The molecule has 1 atom stereocenters. The Bertz CT molecular complexity index is 1400. The number of carbonyl (C=O) groups excluding carboxylic acids is 1. The lowest BCUT2D eigenvalue weighted by molar-refractivity contribution is -0.140. The smallest absolute Gasteiger partial charge is 0.326 e. The number of nitrogens with one attached hydrogen (secondary N) is 2. The average Bonchev–Trinajstić information content (AvgIpc) is 2.90. The number of halogens is 2. The van der Waals surface area contributed by atoms with Crippen LogP contribution in [0.4, 0.5) is 27.4 Å². The number of anilines is 4. The minimum atomic E-state index is -0.963. The second kappa shape index (κ2) is 13.2. The van der Waals surface area contributed by atoms with Crippen molar-refractivity contribution in [3.8, 4) is 11.3 Å². The van der Waals surface area contributed by atoms with Crippen molar-refractivity contribution in [3.63, 3.8) is 0 Å². The zero-order chi connectivity index (χ0) is 28.2. The number of hydrogen-bond acceptors (Lipinski definition) is 10. The minimum absolute atomic E-state index is 0. The summed E-state index contributed by atoms with van der Waals surface area (Å²) in [4.78, 5) is 34.7. The van der Waals surface area contributed by atoms with Crippen LogP contribution in [0.2, 0.25) is 5.02 Å². The van der Waals surface area contributed by atoms with Gasteiger partial charge in [-0.2, -0.15) is 0 Å². The minimum Gasteiger partial charge on any atom is -0.480 e. The third-order valence-electron chi connectivity index (χ3n) is 7.11. The van der Waals surface area contributed by atoms with Crippen LogP contribution < -0.4 is 21.7 Å². The highest BCUT2D eigenvalue weighted by Gasteiger charge is 2.37. The number of pyridine rings is 1. The van der Waals surface area contributed by atoms with Gasteiger partial charge in [0, 0.05) is 74.2 Å². The Morgan fingerprint density at radius 2 is 1.88 bits per heavy atom. The number of carbonyl (C=O) groups is 2. The molecule has 1 amide bonds. The maximum Gasteiger partial charge on any atom is 0.326 e. The lowest BCUT2D eigenvalue weighted by atomic mass is 10.0. The standard InChI is InChI=1S/C27H30ClFN8O3.H3N/c1-35-10-12-36(13-11-35)8-6-25(38)32-24-15-18(4-7-30-24)31-22-16-21(19-14-17(28)2-3-20(19)29)33-34-26(22)37-9-5-23(37)27(39)40;/h2-4,7,14-16,23H,5-6,8-13H2,1H3,(H,39,40)(H2,30,31,32,33,38);1H3. The predicted octanol–water partition coefficient (Wildman–Crippen LogP) is 3.48. The highest BCUT2D eigenvalue weighted by atomic mass is 35.5. The molecule has 0 spiro atoms. The van der Waals surface area contributed by atoms with Crippen molar-refractivity contribution in [1.82, 2.24) is 31.1 Å². The van der Waals surface area contributed by atoms with Crippen LogP contribution in [0.25, 0.3) is 11.3 Å². The lowest BCUT2D eigenvalue weighted by Crippen LogP contribution is -2.53. The molecule has 4 heterocycles. The quantitative estimate of drug-likeness (QED) is 0.291. The molecule has 218 valence electrons. The summed E-state index contributed by atoms with van der Waals surface area (Å²) in [6, 6.07) is 8.38. The van der Waals surface area contributed by atoms with E-state index in [4.69, 9.17) is 11.6 Å². The van der Waals surface area contributed by atoms with Gasteiger partial charge in [0.05, 0.1) is 11.4 Å². The highest BCUT2D eigenvalue weighted by Crippen LogP contribution is 2.36. The molecular formula is C27H33ClFN9O3. The van der Waals surface area contributed by atoms with Crippen molar-refractivity contribution in [2.45, 2.75) is 18.9 Å². The molecule has 2 fully saturated rings. The van der Waals surface area contributed by atoms with E-state index in [-0.39, 0.29) is 23.3 Å². The third kappa shape index (κ3) is 7.24. The fraction of sp³-hybridized carbons (Fsp3) is 0.370. The van der Waals surface area contributed by atoms with Crippen LogP contribution in [0.15, 0.2) is 42.6 Å². The van der Waals surface area contributed by atoms with Crippen LogP contribution in [0.1, 0.15) is 12.8 Å². The van der Waals surface area contributed by atoms with E-state index >= 15 is 0 Å². The van der Waals surface area contributed by atoms with E-state index < -0.39 is 17.8 Å². The number of amides is 1. The monoisotopic (exact) mass is 585 g/mol. The number of rotatable bonds is 9. The molecule has 41 heavy (non-hydrogen) atoms. The molecule has 3 aromatic rings. The summed E-state index contributed by atoms with van der Waals surface area (Å²) in [6.45, 7) is 5.00. The molecule has 0 bridgehead atoms. The fourth-order valence-corrected chi connectivity index (χ4v) is 4.85. The van der Waals surface area contributed by atoms with Gasteiger partial charge in [-0.15, -0.1) is 10.2 Å². The number of aliphatic carboxylic acids is 1. The summed E-state index contributed by atoms with van der Waals surface area (Å²) in [5, 5.41) is 24.4. The molecule has 5 rings (SSSR count). The molecule has 14 heteroatoms. The van der Waals surface area contributed by atoms with Crippen LogP contribution in [0.5, 0.6) is 0 Å². The van der Waals surface area contributed by atoms with Crippen LogP contribution in [0.3, 0.4) is 0 Å². The third-order valence-corrected chi connectivity index (χ3v) is 7.35. The second-order valence-corrected chi connectivity index (χ2v) is 10.4. The van der Waals surface area contributed by atoms with Gasteiger partial charge in [0.25, 0.3) is 0 Å². The molecule has 2 aromatic heterocycles. The number of piperazine rings is 1. The summed E-state index contributed by atoms with van der Waals surface area (Å²) in [7, 11) is 2.09. The predicted molar refractivity (Wildman–Crippen MR) is 156 cm³/mol. The number of likely N-dealkylation sites (N-methyl/N-ethyl adjacent to an activating group) is 1. The van der Waals surface area contributed by atoms with E-state index in [0.717, 1.165) is 26.2 Å². The van der Waals surface area contributed by atoms with Crippen molar-refractivity contribution in [3.05, 3.63) is 53.4 Å². The zero-order valence-corrected chi connectivity index (χ0v) is 23.4. The van der Waals surface area contributed by atoms with Crippen LogP contribution in [0, 0.1) is 5.82 Å². The van der Waals surface area contributed by atoms with Gasteiger partial charge in [-0.1, -0.05) is 11.6 Å². The normalized spacial score (nSPS) is 17.3. The molecule has 2 aliphatic rings. The molecule has 1 unspecified atom stereocenters. The summed E-state index contributed by atoms with van der Waals surface area (Å²) >= 11 is 6.08. The fourth-order valence-electron chi connectivity index (χ4n) is 4.68. The number of carboxylic acid groups (broad SMARTS) is 1. The van der Waals surface area contributed by atoms with Crippen molar-refractivity contribution < 1.29 is 19.1 Å². The maximum atomic E-state index is 14.6. The van der Waals surface area contributed by atoms with Crippen molar-refractivity contribution in [2.24, 2.45) is 0 Å². The molecule has 1 aromatic carbocycles. The summed E-state index contributed by atoms with van der Waals surface area (Å²) in [5.74, 6) is -0.937. The van der Waals surface area contributed by atoms with Gasteiger partial charge in [0.15, 0.2) is 5.82 Å². The van der Waals surface area contributed by atoms with E-state index in [9.17, 15) is 19.1 Å². The molecule has 6 N–H and O–H groups in total. The van der Waals surface area contributed by atoms with E-state index in [1.165, 1.54) is 18.2 Å². The van der Waals surface area contributed by atoms with Crippen molar-refractivity contribution in [2.75, 3.05) is 61.8 Å². The number of benzene rings is 1. The van der Waals surface area contributed by atoms with Gasteiger partial charge in [0.2, 0.25) is 5.91 Å². The van der Waals surface area contributed by atoms with Gasteiger partial charge >= 0.3 is 5.97 Å².